The molecule has 0 atom stereocenters. The van der Waals surface area contributed by atoms with Crippen LogP contribution >= 0.6 is 0 Å². The Labute approximate surface area is 121 Å². The van der Waals surface area contributed by atoms with Crippen LogP contribution in [0, 0.1) is 12.7 Å². The number of hydrogen-bond donors (Lipinski definition) is 2. The number of hydrogen-bond acceptors (Lipinski definition) is 3. The van der Waals surface area contributed by atoms with Crippen molar-refractivity contribution in [3.8, 4) is 0 Å². The van der Waals surface area contributed by atoms with Crippen LogP contribution < -0.4 is 10.5 Å². The topological polar surface area (TPSA) is 89.3 Å². The molecule has 0 aliphatic heterocycles. The Balaban J connectivity index is 2.36. The van der Waals surface area contributed by atoms with E-state index in [9.17, 15) is 17.6 Å². The van der Waals surface area contributed by atoms with E-state index in [1.54, 1.807) is 6.92 Å². The molecule has 2 aromatic rings. The van der Waals surface area contributed by atoms with Gasteiger partial charge in [0, 0.05) is 5.69 Å². The molecule has 0 radical (unpaired) electrons. The average molecular weight is 308 g/mol. The number of sulfonamides is 1. The lowest BCUT2D eigenvalue weighted by Gasteiger charge is -2.10. The van der Waals surface area contributed by atoms with E-state index in [4.69, 9.17) is 5.14 Å². The molecule has 2 rings (SSSR count). The second-order valence-corrected chi connectivity index (χ2v) is 6.02. The van der Waals surface area contributed by atoms with Gasteiger partial charge < -0.3 is 5.32 Å². The first-order valence-electron chi connectivity index (χ1n) is 5.98. The number of primary sulfonamides is 1. The molecular formula is C14H13FN2O3S. The van der Waals surface area contributed by atoms with E-state index in [0.717, 1.165) is 0 Å². The standard InChI is InChI=1S/C14H13FN2O3S/c1-9-6-7-10(21(16,19)20)8-13(9)17-14(18)11-4-2-3-5-12(11)15/h2-8H,1H3,(H,17,18)(H2,16,19,20). The van der Waals surface area contributed by atoms with Crippen LogP contribution in [-0.2, 0) is 10.0 Å². The molecule has 3 N–H and O–H groups in total. The van der Waals surface area contributed by atoms with Gasteiger partial charge in [-0.25, -0.2) is 17.9 Å². The summed E-state index contributed by atoms with van der Waals surface area (Å²) in [4.78, 5) is 11.9. The number of anilines is 1. The highest BCUT2D eigenvalue weighted by atomic mass is 32.2. The third kappa shape index (κ3) is 3.45. The van der Waals surface area contributed by atoms with E-state index in [2.05, 4.69) is 5.32 Å². The minimum atomic E-state index is -3.88. The highest BCUT2D eigenvalue weighted by Crippen LogP contribution is 2.20. The average Bonchev–Trinajstić information content (AvgIpc) is 2.40. The van der Waals surface area contributed by atoms with Gasteiger partial charge in [0.05, 0.1) is 10.5 Å². The number of amides is 1. The fourth-order valence-corrected chi connectivity index (χ4v) is 2.29. The molecule has 0 unspecified atom stereocenters. The second kappa shape index (κ2) is 5.63. The van der Waals surface area contributed by atoms with Gasteiger partial charge in [0.15, 0.2) is 0 Å². The Morgan fingerprint density at radius 2 is 1.86 bits per heavy atom. The first kappa shape index (κ1) is 15.1. The van der Waals surface area contributed by atoms with Crippen molar-refractivity contribution in [3.63, 3.8) is 0 Å². The summed E-state index contributed by atoms with van der Waals surface area (Å²) in [6, 6.07) is 9.60. The van der Waals surface area contributed by atoms with E-state index < -0.39 is 21.7 Å². The Kier molecular flexibility index (Phi) is 4.06. The molecule has 0 aliphatic carbocycles. The van der Waals surface area contributed by atoms with Gasteiger partial charge in [-0.05, 0) is 36.8 Å². The number of benzene rings is 2. The fourth-order valence-electron chi connectivity index (χ4n) is 1.75. The van der Waals surface area contributed by atoms with Crippen molar-refractivity contribution in [1.82, 2.24) is 0 Å². The smallest absolute Gasteiger partial charge is 0.258 e. The molecule has 2 aromatic carbocycles. The lowest BCUT2D eigenvalue weighted by molar-refractivity contribution is 0.102. The summed E-state index contributed by atoms with van der Waals surface area (Å²) >= 11 is 0. The van der Waals surface area contributed by atoms with Gasteiger partial charge in [-0.15, -0.1) is 0 Å². The van der Waals surface area contributed by atoms with Crippen LogP contribution in [0.4, 0.5) is 10.1 Å². The molecule has 110 valence electrons. The summed E-state index contributed by atoms with van der Waals surface area (Å²) in [5.74, 6) is -1.32. The quantitative estimate of drug-likeness (QED) is 0.909. The van der Waals surface area contributed by atoms with Gasteiger partial charge in [0.2, 0.25) is 10.0 Å². The number of halogens is 1. The number of nitrogens with one attached hydrogen (secondary N) is 1. The Morgan fingerprint density at radius 1 is 1.19 bits per heavy atom. The van der Waals surface area contributed by atoms with Crippen LogP contribution in [0.5, 0.6) is 0 Å². The molecule has 0 saturated carbocycles. The third-order valence-corrected chi connectivity index (χ3v) is 3.82. The molecule has 0 aliphatic rings. The van der Waals surface area contributed by atoms with Crippen molar-refractivity contribution in [2.24, 2.45) is 5.14 Å². The molecule has 0 bridgehead atoms. The Morgan fingerprint density at radius 3 is 2.48 bits per heavy atom. The van der Waals surface area contributed by atoms with Gasteiger partial charge in [0.1, 0.15) is 5.82 Å². The number of carbonyl (C=O) groups excluding carboxylic acids is 1. The first-order chi connectivity index (χ1) is 9.79. The summed E-state index contributed by atoms with van der Waals surface area (Å²) < 4.78 is 36.2. The fraction of sp³-hybridized carbons (Fsp3) is 0.0714. The highest BCUT2D eigenvalue weighted by molar-refractivity contribution is 7.89. The molecule has 0 spiro atoms. The normalized spacial score (nSPS) is 11.2. The van der Waals surface area contributed by atoms with E-state index >= 15 is 0 Å². The van der Waals surface area contributed by atoms with Gasteiger partial charge in [0.25, 0.3) is 5.91 Å². The molecule has 5 nitrogen and oxygen atoms in total. The van der Waals surface area contributed by atoms with Crippen LogP contribution in [0.25, 0.3) is 0 Å². The summed E-state index contributed by atoms with van der Waals surface area (Å²) in [7, 11) is -3.88. The third-order valence-electron chi connectivity index (χ3n) is 2.90. The van der Waals surface area contributed by atoms with Gasteiger partial charge in [-0.3, -0.25) is 4.79 Å². The van der Waals surface area contributed by atoms with Crippen molar-refractivity contribution in [2.45, 2.75) is 11.8 Å². The van der Waals surface area contributed by atoms with Crippen LogP contribution in [0.2, 0.25) is 0 Å². The van der Waals surface area contributed by atoms with E-state index in [-0.39, 0.29) is 16.1 Å². The molecule has 0 saturated heterocycles. The highest BCUT2D eigenvalue weighted by Gasteiger charge is 2.14. The second-order valence-electron chi connectivity index (χ2n) is 4.46. The van der Waals surface area contributed by atoms with Crippen molar-refractivity contribution in [2.75, 3.05) is 5.32 Å². The Bertz CT molecular complexity index is 804. The maximum Gasteiger partial charge on any atom is 0.258 e. The van der Waals surface area contributed by atoms with E-state index in [1.807, 2.05) is 0 Å². The van der Waals surface area contributed by atoms with Crippen LogP contribution in [0.15, 0.2) is 47.4 Å². The summed E-state index contributed by atoms with van der Waals surface area (Å²) in [5.41, 5.74) is 0.764. The molecule has 1 amide bonds. The largest absolute Gasteiger partial charge is 0.322 e. The number of carbonyl (C=O) groups is 1. The zero-order chi connectivity index (χ0) is 15.6. The predicted octanol–water partition coefficient (Wildman–Crippen LogP) is 2.03. The van der Waals surface area contributed by atoms with Crippen molar-refractivity contribution in [1.29, 1.82) is 0 Å². The zero-order valence-electron chi connectivity index (χ0n) is 11.1. The van der Waals surface area contributed by atoms with Gasteiger partial charge >= 0.3 is 0 Å². The number of nitrogens with two attached hydrogens (primary N) is 1. The van der Waals surface area contributed by atoms with Crippen LogP contribution in [0.3, 0.4) is 0 Å². The summed E-state index contributed by atoms with van der Waals surface area (Å²) in [6.07, 6.45) is 0. The van der Waals surface area contributed by atoms with Gasteiger partial charge in [-0.1, -0.05) is 18.2 Å². The van der Waals surface area contributed by atoms with Gasteiger partial charge in [-0.2, -0.15) is 0 Å². The van der Waals surface area contributed by atoms with E-state index in [0.29, 0.717) is 5.56 Å². The maximum atomic E-state index is 13.5. The SMILES string of the molecule is Cc1ccc(S(N)(=O)=O)cc1NC(=O)c1ccccc1F. The summed E-state index contributed by atoms with van der Waals surface area (Å²) in [5, 5.41) is 7.52. The summed E-state index contributed by atoms with van der Waals surface area (Å²) in [6.45, 7) is 1.68. The molecule has 0 fully saturated rings. The maximum absolute atomic E-state index is 13.5. The predicted molar refractivity (Wildman–Crippen MR) is 76.9 cm³/mol. The molecule has 7 heteroatoms. The molecule has 0 heterocycles. The van der Waals surface area contributed by atoms with E-state index in [1.165, 1.54) is 42.5 Å². The minimum Gasteiger partial charge on any atom is -0.322 e. The lowest BCUT2D eigenvalue weighted by Crippen LogP contribution is -2.16. The first-order valence-corrected chi connectivity index (χ1v) is 7.53. The minimum absolute atomic E-state index is 0.127. The van der Waals surface area contributed by atoms with Crippen molar-refractivity contribution < 1.29 is 17.6 Å². The molecular weight excluding hydrogens is 295 g/mol. The number of rotatable bonds is 3. The van der Waals surface area contributed by atoms with Crippen molar-refractivity contribution >= 4 is 21.6 Å². The molecule has 0 aromatic heterocycles. The van der Waals surface area contributed by atoms with Crippen LogP contribution in [-0.4, -0.2) is 14.3 Å². The van der Waals surface area contributed by atoms with Crippen molar-refractivity contribution in [3.05, 3.63) is 59.4 Å². The molecule has 21 heavy (non-hydrogen) atoms. The van der Waals surface area contributed by atoms with Crippen LogP contribution in [0.1, 0.15) is 15.9 Å². The zero-order valence-corrected chi connectivity index (χ0v) is 11.9. The number of aryl methyl sites for hydroxylation is 1. The Hall–Kier alpha value is -2.25. The monoisotopic (exact) mass is 308 g/mol. The lowest BCUT2D eigenvalue weighted by atomic mass is 10.1.